The molecule has 0 fully saturated rings. The zero-order chi connectivity index (χ0) is 15.1. The van der Waals surface area contributed by atoms with Crippen molar-refractivity contribution in [2.75, 3.05) is 6.61 Å². The Labute approximate surface area is 123 Å². The number of carboxylic acids is 1. The number of amides is 1. The number of halogens is 2. The molecule has 0 saturated heterocycles. The van der Waals surface area contributed by atoms with Crippen LogP contribution >= 0.6 is 15.9 Å². The summed E-state index contributed by atoms with van der Waals surface area (Å²) in [5.74, 6) is -1.89. The van der Waals surface area contributed by atoms with Crippen molar-refractivity contribution < 1.29 is 23.8 Å². The molecule has 0 radical (unpaired) electrons. The molecule has 1 atom stereocenters. The van der Waals surface area contributed by atoms with E-state index in [0.717, 1.165) is 0 Å². The number of carboxylic acid groups (broad SMARTS) is 1. The lowest BCUT2D eigenvalue weighted by Gasteiger charge is -2.13. The summed E-state index contributed by atoms with van der Waals surface area (Å²) >= 11 is 3.09. The van der Waals surface area contributed by atoms with Gasteiger partial charge in [0.2, 0.25) is 0 Å². The third-order valence-electron chi connectivity index (χ3n) is 2.29. The lowest BCUT2D eigenvalue weighted by atomic mass is 10.2. The molecule has 0 spiro atoms. The van der Waals surface area contributed by atoms with Gasteiger partial charge in [-0.3, -0.25) is 4.79 Å². The van der Waals surface area contributed by atoms with Crippen molar-refractivity contribution in [2.45, 2.75) is 12.5 Å². The summed E-state index contributed by atoms with van der Waals surface area (Å²) in [5.41, 5.74) is 0. The van der Waals surface area contributed by atoms with E-state index in [9.17, 15) is 14.0 Å². The van der Waals surface area contributed by atoms with Crippen LogP contribution in [0.4, 0.5) is 4.39 Å². The van der Waals surface area contributed by atoms with Gasteiger partial charge in [-0.15, -0.1) is 6.58 Å². The Balaban J connectivity index is 2.54. The summed E-state index contributed by atoms with van der Waals surface area (Å²) in [4.78, 5) is 22.4. The van der Waals surface area contributed by atoms with E-state index >= 15 is 0 Å². The molecule has 2 N–H and O–H groups in total. The van der Waals surface area contributed by atoms with Gasteiger partial charge < -0.3 is 15.2 Å². The number of hydrogen-bond donors (Lipinski definition) is 2. The van der Waals surface area contributed by atoms with Gasteiger partial charge in [0.25, 0.3) is 5.91 Å². The molecule has 1 unspecified atom stereocenters. The third kappa shape index (κ3) is 5.00. The Hall–Kier alpha value is -1.89. The third-order valence-corrected chi connectivity index (χ3v) is 2.91. The zero-order valence-electron chi connectivity index (χ0n) is 10.4. The van der Waals surface area contributed by atoms with Gasteiger partial charge in [-0.2, -0.15) is 0 Å². The molecule has 1 aromatic rings. The number of aliphatic carboxylic acids is 1. The smallest absolute Gasteiger partial charge is 0.326 e. The Morgan fingerprint density at radius 1 is 1.55 bits per heavy atom. The van der Waals surface area contributed by atoms with Crippen molar-refractivity contribution >= 4 is 27.8 Å². The first-order chi connectivity index (χ1) is 9.43. The first-order valence-electron chi connectivity index (χ1n) is 5.65. The predicted molar refractivity (Wildman–Crippen MR) is 74.0 cm³/mol. The van der Waals surface area contributed by atoms with Crippen LogP contribution in [0, 0.1) is 5.82 Å². The van der Waals surface area contributed by atoms with Crippen molar-refractivity contribution in [2.24, 2.45) is 0 Å². The van der Waals surface area contributed by atoms with E-state index in [2.05, 4.69) is 27.8 Å². The van der Waals surface area contributed by atoms with Gasteiger partial charge in [0.15, 0.2) is 6.61 Å². The maximum Gasteiger partial charge on any atom is 0.326 e. The van der Waals surface area contributed by atoms with Gasteiger partial charge in [0.1, 0.15) is 17.6 Å². The summed E-state index contributed by atoms with van der Waals surface area (Å²) in [6, 6.07) is 2.71. The van der Waals surface area contributed by atoms with Gasteiger partial charge in [-0.1, -0.05) is 6.08 Å². The van der Waals surface area contributed by atoms with Crippen LogP contribution in [0.25, 0.3) is 0 Å². The summed E-state index contributed by atoms with van der Waals surface area (Å²) in [6.45, 7) is 3.05. The van der Waals surface area contributed by atoms with Crippen LogP contribution in [0.1, 0.15) is 6.42 Å². The fraction of sp³-hybridized carbons (Fsp3) is 0.231. The second-order valence-corrected chi connectivity index (χ2v) is 4.70. The fourth-order valence-electron chi connectivity index (χ4n) is 1.36. The van der Waals surface area contributed by atoms with Gasteiger partial charge in [-0.25, -0.2) is 9.18 Å². The largest absolute Gasteiger partial charge is 0.483 e. The summed E-state index contributed by atoms with van der Waals surface area (Å²) < 4.78 is 18.4. The minimum Gasteiger partial charge on any atom is -0.483 e. The van der Waals surface area contributed by atoms with Gasteiger partial charge in [0.05, 0.1) is 4.47 Å². The van der Waals surface area contributed by atoms with Crippen LogP contribution in [-0.4, -0.2) is 29.6 Å². The quantitative estimate of drug-likeness (QED) is 0.742. The highest BCUT2D eigenvalue weighted by molar-refractivity contribution is 9.10. The average molecular weight is 346 g/mol. The summed E-state index contributed by atoms with van der Waals surface area (Å²) in [6.07, 6.45) is 1.51. The molecule has 5 nitrogen and oxygen atoms in total. The molecule has 0 aliphatic carbocycles. The number of nitrogens with one attached hydrogen (secondary N) is 1. The number of carbonyl (C=O) groups is 2. The number of rotatable bonds is 7. The van der Waals surface area contributed by atoms with Gasteiger partial charge in [0, 0.05) is 0 Å². The molecular weight excluding hydrogens is 333 g/mol. The van der Waals surface area contributed by atoms with Crippen molar-refractivity contribution in [1.82, 2.24) is 5.32 Å². The highest BCUT2D eigenvalue weighted by Gasteiger charge is 2.18. The molecule has 1 aromatic carbocycles. The minimum absolute atomic E-state index is 0.112. The van der Waals surface area contributed by atoms with Crippen LogP contribution in [-0.2, 0) is 9.59 Å². The van der Waals surface area contributed by atoms with E-state index in [-0.39, 0.29) is 18.8 Å². The molecule has 0 aromatic heterocycles. The standard InChI is InChI=1S/C13H13BrFNO4/c1-2-3-10(13(18)19)16-12(17)7-20-11-5-4-8(15)6-9(11)14/h2,4-6,10H,1,3,7H2,(H,16,17)(H,18,19). The van der Waals surface area contributed by atoms with Crippen molar-refractivity contribution in [1.29, 1.82) is 0 Å². The first kappa shape index (κ1) is 16.2. The number of benzene rings is 1. The molecule has 1 amide bonds. The molecule has 20 heavy (non-hydrogen) atoms. The molecular formula is C13H13BrFNO4. The molecule has 7 heteroatoms. The Kier molecular flexibility index (Phi) is 6.17. The number of hydrogen-bond acceptors (Lipinski definition) is 3. The molecule has 0 aliphatic heterocycles. The molecule has 0 bridgehead atoms. The normalized spacial score (nSPS) is 11.5. The van der Waals surface area contributed by atoms with Crippen LogP contribution in [0.15, 0.2) is 35.3 Å². The van der Waals surface area contributed by atoms with Crippen LogP contribution in [0.5, 0.6) is 5.75 Å². The number of ether oxygens (including phenoxy) is 1. The van der Waals surface area contributed by atoms with E-state index < -0.39 is 23.7 Å². The molecule has 0 aliphatic rings. The summed E-state index contributed by atoms with van der Waals surface area (Å²) in [5, 5.41) is 11.2. The lowest BCUT2D eigenvalue weighted by molar-refractivity contribution is -0.142. The zero-order valence-corrected chi connectivity index (χ0v) is 12.0. The Morgan fingerprint density at radius 3 is 2.80 bits per heavy atom. The SMILES string of the molecule is C=CCC(NC(=O)COc1ccc(F)cc1Br)C(=O)O. The van der Waals surface area contributed by atoms with E-state index in [4.69, 9.17) is 9.84 Å². The van der Waals surface area contributed by atoms with Crippen LogP contribution in [0.2, 0.25) is 0 Å². The molecule has 1 rings (SSSR count). The highest BCUT2D eigenvalue weighted by Crippen LogP contribution is 2.25. The van der Waals surface area contributed by atoms with Gasteiger partial charge in [-0.05, 0) is 40.5 Å². The Morgan fingerprint density at radius 2 is 2.25 bits per heavy atom. The van der Waals surface area contributed by atoms with E-state index in [0.29, 0.717) is 4.47 Å². The first-order valence-corrected chi connectivity index (χ1v) is 6.44. The maximum absolute atomic E-state index is 12.9. The van der Waals surface area contributed by atoms with Crippen molar-refractivity contribution in [3.8, 4) is 5.75 Å². The average Bonchev–Trinajstić information content (AvgIpc) is 2.37. The minimum atomic E-state index is -1.15. The van der Waals surface area contributed by atoms with E-state index in [1.807, 2.05) is 0 Å². The fourth-order valence-corrected chi connectivity index (χ4v) is 1.83. The maximum atomic E-state index is 12.9. The molecule has 0 saturated carbocycles. The second kappa shape index (κ2) is 7.64. The summed E-state index contributed by atoms with van der Waals surface area (Å²) in [7, 11) is 0. The number of carbonyl (C=O) groups excluding carboxylic acids is 1. The monoisotopic (exact) mass is 345 g/mol. The molecule has 108 valence electrons. The lowest BCUT2D eigenvalue weighted by Crippen LogP contribution is -2.42. The second-order valence-electron chi connectivity index (χ2n) is 3.85. The Bertz CT molecular complexity index is 521. The topological polar surface area (TPSA) is 75.6 Å². The van der Waals surface area contributed by atoms with Crippen LogP contribution < -0.4 is 10.1 Å². The van der Waals surface area contributed by atoms with Gasteiger partial charge >= 0.3 is 5.97 Å². The van der Waals surface area contributed by atoms with E-state index in [1.54, 1.807) is 0 Å². The van der Waals surface area contributed by atoms with Crippen LogP contribution in [0.3, 0.4) is 0 Å². The molecule has 0 heterocycles. The highest BCUT2D eigenvalue weighted by atomic mass is 79.9. The predicted octanol–water partition coefficient (Wildman–Crippen LogP) is 2.11. The van der Waals surface area contributed by atoms with Crippen molar-refractivity contribution in [3.63, 3.8) is 0 Å². The van der Waals surface area contributed by atoms with E-state index in [1.165, 1.54) is 24.3 Å². The van der Waals surface area contributed by atoms with Crippen molar-refractivity contribution in [3.05, 3.63) is 41.1 Å².